The van der Waals surface area contributed by atoms with Crippen molar-refractivity contribution in [3.63, 3.8) is 0 Å². The normalized spacial score (nSPS) is 10.6. The molecule has 2 N–H and O–H groups in total. The molecule has 0 fully saturated rings. The number of aromatic nitrogens is 2. The molecule has 29 heavy (non-hydrogen) atoms. The number of nitrogens with one attached hydrogen (secondary N) is 2. The molecule has 0 bridgehead atoms. The second-order valence-electron chi connectivity index (χ2n) is 6.80. The third-order valence-corrected chi connectivity index (χ3v) is 5.65. The van der Waals surface area contributed by atoms with Crippen molar-refractivity contribution in [3.8, 4) is 0 Å². The molecule has 5 nitrogen and oxygen atoms in total. The number of benzene rings is 2. The first-order chi connectivity index (χ1) is 13.9. The Morgan fingerprint density at radius 1 is 1.07 bits per heavy atom. The van der Waals surface area contributed by atoms with E-state index in [-0.39, 0.29) is 11.7 Å². The van der Waals surface area contributed by atoms with Crippen molar-refractivity contribution in [1.82, 2.24) is 9.97 Å². The minimum absolute atomic E-state index is 0.0609. The zero-order chi connectivity index (χ0) is 20.8. The number of amides is 1. The quantitative estimate of drug-likeness (QED) is 0.391. The predicted molar refractivity (Wildman–Crippen MR) is 121 cm³/mol. The number of nitrogens with zero attached hydrogens (tertiary/aromatic N) is 2. The third kappa shape index (κ3) is 5.95. The van der Waals surface area contributed by atoms with Gasteiger partial charge in [-0.3, -0.25) is 4.79 Å². The van der Waals surface area contributed by atoms with E-state index in [1.807, 2.05) is 51.1 Å². The van der Waals surface area contributed by atoms with Gasteiger partial charge >= 0.3 is 0 Å². The maximum absolute atomic E-state index is 12.4. The van der Waals surface area contributed by atoms with Gasteiger partial charge in [0.05, 0.1) is 5.75 Å². The van der Waals surface area contributed by atoms with Gasteiger partial charge in [-0.1, -0.05) is 59.3 Å². The molecule has 0 radical (unpaired) electrons. The van der Waals surface area contributed by atoms with E-state index in [0.717, 1.165) is 27.4 Å². The molecule has 2 aromatic carbocycles. The predicted octanol–water partition coefficient (Wildman–Crippen LogP) is 5.40. The van der Waals surface area contributed by atoms with E-state index in [9.17, 15) is 4.79 Å². The van der Waals surface area contributed by atoms with Gasteiger partial charge in [-0.25, -0.2) is 9.97 Å². The highest BCUT2D eigenvalue weighted by molar-refractivity contribution is 7.99. The first kappa shape index (κ1) is 21.1. The van der Waals surface area contributed by atoms with Gasteiger partial charge in [-0.15, -0.1) is 0 Å². The van der Waals surface area contributed by atoms with Crippen molar-refractivity contribution >= 4 is 40.8 Å². The lowest BCUT2D eigenvalue weighted by Gasteiger charge is -2.12. The van der Waals surface area contributed by atoms with Gasteiger partial charge in [0.1, 0.15) is 17.2 Å². The molecule has 1 amide bonds. The monoisotopic (exact) mass is 426 g/mol. The number of rotatable bonds is 7. The molecular formula is C22H23ClN4OS. The fraction of sp³-hybridized carbons (Fsp3) is 0.227. The Morgan fingerprint density at radius 2 is 1.79 bits per heavy atom. The number of carbonyl (C=O) groups is 1. The van der Waals surface area contributed by atoms with Crippen molar-refractivity contribution < 1.29 is 4.79 Å². The Bertz CT molecular complexity index is 1000. The highest BCUT2D eigenvalue weighted by atomic mass is 35.5. The molecule has 0 unspecified atom stereocenters. The Balaban J connectivity index is 1.56. The Hall–Kier alpha value is -2.57. The van der Waals surface area contributed by atoms with Crippen LogP contribution >= 0.6 is 23.4 Å². The highest BCUT2D eigenvalue weighted by Crippen LogP contribution is 2.23. The van der Waals surface area contributed by atoms with Crippen LogP contribution in [-0.4, -0.2) is 21.6 Å². The highest BCUT2D eigenvalue weighted by Gasteiger charge is 2.10. The largest absolute Gasteiger partial charge is 0.366 e. The first-order valence-corrected chi connectivity index (χ1v) is 10.6. The summed E-state index contributed by atoms with van der Waals surface area (Å²) in [6, 6.07) is 13.6. The Labute approximate surface area is 180 Å². The molecule has 0 saturated heterocycles. The summed E-state index contributed by atoms with van der Waals surface area (Å²) in [5.74, 6) is 0.899. The number of carbonyl (C=O) groups excluding carboxylic acids is 1. The summed E-state index contributed by atoms with van der Waals surface area (Å²) in [4.78, 5) is 20.9. The van der Waals surface area contributed by atoms with Crippen LogP contribution < -0.4 is 10.6 Å². The fourth-order valence-electron chi connectivity index (χ4n) is 3.03. The molecule has 0 aliphatic heterocycles. The molecule has 3 aromatic rings. The van der Waals surface area contributed by atoms with E-state index in [4.69, 9.17) is 11.6 Å². The van der Waals surface area contributed by atoms with Gasteiger partial charge in [0, 0.05) is 23.3 Å². The Kier molecular flexibility index (Phi) is 7.12. The SMILES string of the molecule is Cc1cc(C)c(NC(=O)CSc2cc(NCc3ccccc3Cl)ncn2)c(C)c1. The van der Waals surface area contributed by atoms with Crippen LogP contribution in [0.25, 0.3) is 0 Å². The zero-order valence-electron chi connectivity index (χ0n) is 16.6. The summed E-state index contributed by atoms with van der Waals surface area (Å²) in [6.07, 6.45) is 1.49. The van der Waals surface area contributed by atoms with Crippen molar-refractivity contribution in [2.75, 3.05) is 16.4 Å². The maximum Gasteiger partial charge on any atom is 0.234 e. The van der Waals surface area contributed by atoms with Gasteiger partial charge in [-0.05, 0) is 43.5 Å². The first-order valence-electron chi connectivity index (χ1n) is 9.22. The van der Waals surface area contributed by atoms with E-state index in [2.05, 4.69) is 32.7 Å². The topological polar surface area (TPSA) is 66.9 Å². The van der Waals surface area contributed by atoms with Crippen molar-refractivity contribution in [1.29, 1.82) is 0 Å². The summed E-state index contributed by atoms with van der Waals surface area (Å²) in [5, 5.41) is 7.69. The number of halogens is 1. The molecule has 7 heteroatoms. The summed E-state index contributed by atoms with van der Waals surface area (Å²) in [7, 11) is 0. The second kappa shape index (κ2) is 9.76. The molecule has 0 aliphatic carbocycles. The number of anilines is 2. The van der Waals surface area contributed by atoms with Crippen LogP contribution in [0, 0.1) is 20.8 Å². The van der Waals surface area contributed by atoms with Crippen LogP contribution in [0.2, 0.25) is 5.02 Å². The number of hydrogen-bond acceptors (Lipinski definition) is 5. The van der Waals surface area contributed by atoms with E-state index in [0.29, 0.717) is 17.4 Å². The molecule has 0 atom stereocenters. The van der Waals surface area contributed by atoms with E-state index in [1.165, 1.54) is 23.7 Å². The summed E-state index contributed by atoms with van der Waals surface area (Å²) < 4.78 is 0. The van der Waals surface area contributed by atoms with Crippen molar-refractivity contribution in [3.05, 3.63) is 76.1 Å². The zero-order valence-corrected chi connectivity index (χ0v) is 18.2. The minimum atomic E-state index is -0.0609. The average Bonchev–Trinajstić information content (AvgIpc) is 2.69. The van der Waals surface area contributed by atoms with E-state index >= 15 is 0 Å². The molecule has 0 saturated carbocycles. The molecule has 0 spiro atoms. The van der Waals surface area contributed by atoms with Gasteiger partial charge < -0.3 is 10.6 Å². The average molecular weight is 427 g/mol. The minimum Gasteiger partial charge on any atom is -0.366 e. The lowest BCUT2D eigenvalue weighted by Crippen LogP contribution is -2.16. The number of aryl methyl sites for hydroxylation is 3. The van der Waals surface area contributed by atoms with Crippen LogP contribution in [0.1, 0.15) is 22.3 Å². The van der Waals surface area contributed by atoms with Crippen LogP contribution in [0.15, 0.2) is 53.8 Å². The summed E-state index contributed by atoms with van der Waals surface area (Å²) in [5.41, 5.74) is 5.18. The maximum atomic E-state index is 12.4. The fourth-order valence-corrected chi connectivity index (χ4v) is 3.91. The molecule has 150 valence electrons. The third-order valence-electron chi connectivity index (χ3n) is 4.35. The molecular weight excluding hydrogens is 404 g/mol. The lowest BCUT2D eigenvalue weighted by molar-refractivity contribution is -0.113. The lowest BCUT2D eigenvalue weighted by atomic mass is 10.1. The van der Waals surface area contributed by atoms with Gasteiger partial charge in [0.2, 0.25) is 5.91 Å². The van der Waals surface area contributed by atoms with Crippen LogP contribution in [0.3, 0.4) is 0 Å². The van der Waals surface area contributed by atoms with E-state index < -0.39 is 0 Å². The molecule has 1 heterocycles. The molecule has 1 aromatic heterocycles. The van der Waals surface area contributed by atoms with Gasteiger partial charge in [-0.2, -0.15) is 0 Å². The van der Waals surface area contributed by atoms with Crippen LogP contribution in [-0.2, 0) is 11.3 Å². The molecule has 0 aliphatic rings. The van der Waals surface area contributed by atoms with Crippen LogP contribution in [0.5, 0.6) is 0 Å². The van der Waals surface area contributed by atoms with Crippen molar-refractivity contribution in [2.45, 2.75) is 32.3 Å². The number of thioether (sulfide) groups is 1. The Morgan fingerprint density at radius 3 is 2.52 bits per heavy atom. The van der Waals surface area contributed by atoms with Crippen molar-refractivity contribution in [2.24, 2.45) is 0 Å². The second-order valence-corrected chi connectivity index (χ2v) is 8.20. The standard InChI is InChI=1S/C22H23ClN4OS/c1-14-8-15(2)22(16(3)9-14)27-20(28)12-29-21-10-19(25-13-26-21)24-11-17-6-4-5-7-18(17)23/h4-10,13H,11-12H2,1-3H3,(H,27,28)(H,24,25,26). The van der Waals surface area contributed by atoms with E-state index in [1.54, 1.807) is 0 Å². The van der Waals surface area contributed by atoms with Crippen LogP contribution in [0.4, 0.5) is 11.5 Å². The smallest absolute Gasteiger partial charge is 0.234 e. The summed E-state index contributed by atoms with van der Waals surface area (Å²) in [6.45, 7) is 6.62. The number of hydrogen-bond donors (Lipinski definition) is 2. The van der Waals surface area contributed by atoms with Gasteiger partial charge in [0.15, 0.2) is 0 Å². The van der Waals surface area contributed by atoms with Gasteiger partial charge in [0.25, 0.3) is 0 Å². The summed E-state index contributed by atoms with van der Waals surface area (Å²) >= 11 is 7.55. The molecule has 3 rings (SSSR count).